The lowest BCUT2D eigenvalue weighted by atomic mass is 9.90. The van der Waals surface area contributed by atoms with Crippen LogP contribution >= 0.6 is 0 Å². The molecule has 158 valence electrons. The molecule has 2 aliphatic rings. The molecule has 0 radical (unpaired) electrons. The van der Waals surface area contributed by atoms with E-state index in [0.29, 0.717) is 0 Å². The van der Waals surface area contributed by atoms with Gasteiger partial charge in [-0.1, -0.05) is 25.1 Å². The van der Waals surface area contributed by atoms with Crippen LogP contribution in [-0.2, 0) is 13.5 Å². The van der Waals surface area contributed by atoms with Crippen LogP contribution in [-0.4, -0.2) is 46.0 Å². The fourth-order valence-electron chi connectivity index (χ4n) is 4.44. The third-order valence-corrected chi connectivity index (χ3v) is 6.45. The second kappa shape index (κ2) is 7.21. The van der Waals surface area contributed by atoms with Crippen molar-refractivity contribution in [3.63, 3.8) is 0 Å². The summed E-state index contributed by atoms with van der Waals surface area (Å²) in [7, 11) is 4.08. The fourth-order valence-corrected chi connectivity index (χ4v) is 4.44. The van der Waals surface area contributed by atoms with Gasteiger partial charge in [-0.3, -0.25) is 4.90 Å². The zero-order valence-electron chi connectivity index (χ0n) is 17.9. The molecule has 0 spiro atoms. The van der Waals surface area contributed by atoms with Gasteiger partial charge in [-0.2, -0.15) is 5.26 Å². The molecule has 4 rings (SSSR count). The number of anilines is 1. The minimum absolute atomic E-state index is 0.222. The Kier molecular flexibility index (Phi) is 4.94. The monoisotopic (exact) mass is 411 g/mol. The summed E-state index contributed by atoms with van der Waals surface area (Å²) in [6.45, 7) is 3.56. The van der Waals surface area contributed by atoms with Crippen LogP contribution in [0.5, 0.6) is 0 Å². The Morgan fingerprint density at radius 3 is 2.70 bits per heavy atom. The Bertz CT molecular complexity index is 1120. The van der Waals surface area contributed by atoms with Gasteiger partial charge in [-0.15, -0.1) is 0 Å². The Morgan fingerprint density at radius 2 is 2.07 bits per heavy atom. The van der Waals surface area contributed by atoms with Gasteiger partial charge in [-0.25, -0.2) is 13.8 Å². The summed E-state index contributed by atoms with van der Waals surface area (Å²) >= 11 is 0. The quantitative estimate of drug-likeness (QED) is 0.758. The van der Waals surface area contributed by atoms with E-state index in [1.54, 1.807) is 0 Å². The predicted molar refractivity (Wildman–Crippen MR) is 114 cm³/mol. The second-order valence-electron chi connectivity index (χ2n) is 8.63. The SMILES string of the molecule is CCc1cc(C(C#N)N2CC(F)(F)C2)ccc1N(C)C1(C)C=c2c(ncn2C)=CC1. The van der Waals surface area contributed by atoms with E-state index in [-0.39, 0.29) is 18.6 Å². The largest absolute Gasteiger partial charge is 0.365 e. The molecule has 1 aliphatic heterocycles. The Balaban J connectivity index is 1.66. The molecule has 1 aromatic carbocycles. The molecule has 5 nitrogen and oxygen atoms in total. The van der Waals surface area contributed by atoms with Gasteiger partial charge in [0.1, 0.15) is 6.04 Å². The summed E-state index contributed by atoms with van der Waals surface area (Å²) in [4.78, 5) is 8.24. The number of alkyl halides is 2. The zero-order valence-corrected chi connectivity index (χ0v) is 17.9. The number of halogens is 2. The van der Waals surface area contributed by atoms with Gasteiger partial charge < -0.3 is 9.47 Å². The molecule has 1 fully saturated rings. The van der Waals surface area contributed by atoms with Crippen molar-refractivity contribution in [2.45, 2.75) is 44.2 Å². The highest BCUT2D eigenvalue weighted by molar-refractivity contribution is 5.63. The highest BCUT2D eigenvalue weighted by Crippen LogP contribution is 2.37. The zero-order chi connectivity index (χ0) is 21.7. The van der Waals surface area contributed by atoms with Crippen LogP contribution in [0.25, 0.3) is 12.2 Å². The van der Waals surface area contributed by atoms with Crippen molar-refractivity contribution in [2.75, 3.05) is 25.0 Å². The maximum absolute atomic E-state index is 13.3. The molecule has 0 N–H and O–H groups in total. The molecule has 0 saturated carbocycles. The van der Waals surface area contributed by atoms with Gasteiger partial charge in [-0.05, 0) is 43.0 Å². The molecule has 2 heterocycles. The van der Waals surface area contributed by atoms with Gasteiger partial charge >= 0.3 is 0 Å². The molecule has 2 atom stereocenters. The molecule has 1 saturated heterocycles. The predicted octanol–water partition coefficient (Wildman–Crippen LogP) is 2.36. The van der Waals surface area contributed by atoms with Crippen molar-refractivity contribution in [1.82, 2.24) is 14.5 Å². The first-order chi connectivity index (χ1) is 14.2. The van der Waals surface area contributed by atoms with Crippen molar-refractivity contribution >= 4 is 17.8 Å². The smallest absolute Gasteiger partial charge is 0.273 e. The lowest BCUT2D eigenvalue weighted by molar-refractivity contribution is -0.139. The van der Waals surface area contributed by atoms with Gasteiger partial charge in [0.05, 0.1) is 41.7 Å². The summed E-state index contributed by atoms with van der Waals surface area (Å²) in [5.74, 6) is -2.69. The Labute approximate surface area is 175 Å². The molecule has 1 aromatic heterocycles. The average molecular weight is 412 g/mol. The number of nitriles is 1. The summed E-state index contributed by atoms with van der Waals surface area (Å²) in [5, 5.41) is 11.7. The maximum Gasteiger partial charge on any atom is 0.273 e. The highest BCUT2D eigenvalue weighted by Gasteiger charge is 2.47. The molecule has 2 unspecified atom stereocenters. The summed E-state index contributed by atoms with van der Waals surface area (Å²) in [5.41, 5.74) is 2.75. The number of hydrogen-bond donors (Lipinski definition) is 0. The Hall–Kier alpha value is -2.72. The van der Waals surface area contributed by atoms with Crippen molar-refractivity contribution in [3.05, 3.63) is 46.4 Å². The van der Waals surface area contributed by atoms with E-state index in [2.05, 4.69) is 49.0 Å². The van der Waals surface area contributed by atoms with Gasteiger partial charge in [0.2, 0.25) is 0 Å². The molecule has 2 aromatic rings. The number of aryl methyl sites for hydroxylation is 2. The van der Waals surface area contributed by atoms with Crippen molar-refractivity contribution < 1.29 is 8.78 Å². The number of fused-ring (bicyclic) bond motifs is 1. The van der Waals surface area contributed by atoms with Gasteiger partial charge in [0.25, 0.3) is 5.92 Å². The van der Waals surface area contributed by atoms with Crippen LogP contribution in [0.2, 0.25) is 0 Å². The normalized spacial score (nSPS) is 23.4. The van der Waals surface area contributed by atoms with Crippen LogP contribution in [0.3, 0.4) is 0 Å². The van der Waals surface area contributed by atoms with Crippen LogP contribution in [0.1, 0.15) is 37.4 Å². The minimum atomic E-state index is -2.69. The van der Waals surface area contributed by atoms with Crippen LogP contribution in [0.15, 0.2) is 24.5 Å². The van der Waals surface area contributed by atoms with Gasteiger partial charge in [0.15, 0.2) is 0 Å². The third-order valence-electron chi connectivity index (χ3n) is 6.45. The van der Waals surface area contributed by atoms with E-state index in [1.807, 2.05) is 36.1 Å². The maximum atomic E-state index is 13.3. The lowest BCUT2D eigenvalue weighted by Gasteiger charge is -2.42. The lowest BCUT2D eigenvalue weighted by Crippen LogP contribution is -2.56. The highest BCUT2D eigenvalue weighted by atomic mass is 19.3. The number of likely N-dealkylation sites (tertiary alicyclic amines) is 1. The van der Waals surface area contributed by atoms with E-state index in [1.165, 1.54) is 4.90 Å². The molecule has 1 aliphatic carbocycles. The third kappa shape index (κ3) is 3.39. The summed E-state index contributed by atoms with van der Waals surface area (Å²) < 4.78 is 28.6. The van der Waals surface area contributed by atoms with E-state index < -0.39 is 12.0 Å². The number of nitrogens with zero attached hydrogens (tertiary/aromatic N) is 5. The molecular formula is C23H27F2N5. The summed E-state index contributed by atoms with van der Waals surface area (Å²) in [6, 6.07) is 7.49. The number of rotatable bonds is 5. The Morgan fingerprint density at radius 1 is 1.33 bits per heavy atom. The fraction of sp³-hybridized carbons (Fsp3) is 0.478. The van der Waals surface area contributed by atoms with Crippen molar-refractivity contribution in [1.29, 1.82) is 5.26 Å². The standard InChI is InChI=1S/C23H27F2N5/c1-5-16-10-17(21(12-26)30-13-23(24,25)14-30)6-7-19(16)29(4)22(2)9-8-18-20(11-22)28(3)15-27-18/h6-8,10-11,15,21H,5,9,13-14H2,1-4H3. The van der Waals surface area contributed by atoms with E-state index in [4.69, 9.17) is 0 Å². The average Bonchev–Trinajstić information content (AvgIpc) is 3.06. The van der Waals surface area contributed by atoms with E-state index >= 15 is 0 Å². The molecule has 0 bridgehead atoms. The molecule has 30 heavy (non-hydrogen) atoms. The minimum Gasteiger partial charge on any atom is -0.365 e. The van der Waals surface area contributed by atoms with E-state index in [9.17, 15) is 14.0 Å². The van der Waals surface area contributed by atoms with Crippen LogP contribution in [0, 0.1) is 11.3 Å². The number of benzene rings is 1. The molecular weight excluding hydrogens is 384 g/mol. The van der Waals surface area contributed by atoms with Crippen LogP contribution in [0.4, 0.5) is 14.5 Å². The topological polar surface area (TPSA) is 48.1 Å². The number of aromatic nitrogens is 2. The first-order valence-electron chi connectivity index (χ1n) is 10.3. The van der Waals surface area contributed by atoms with Crippen LogP contribution < -0.4 is 15.6 Å². The first kappa shape index (κ1) is 20.5. The number of imidazole rings is 1. The van der Waals surface area contributed by atoms with Gasteiger partial charge in [0, 0.05) is 19.8 Å². The number of hydrogen-bond acceptors (Lipinski definition) is 4. The van der Waals surface area contributed by atoms with Crippen molar-refractivity contribution in [3.8, 4) is 6.07 Å². The molecule has 7 heteroatoms. The first-order valence-corrected chi connectivity index (χ1v) is 10.3. The molecule has 0 amide bonds. The van der Waals surface area contributed by atoms with E-state index in [0.717, 1.165) is 40.4 Å². The summed E-state index contributed by atoms with van der Waals surface area (Å²) in [6.07, 6.45) is 7.88. The van der Waals surface area contributed by atoms with Crippen molar-refractivity contribution in [2.24, 2.45) is 7.05 Å². The second-order valence-corrected chi connectivity index (χ2v) is 8.63.